The van der Waals surface area contributed by atoms with E-state index in [2.05, 4.69) is 5.32 Å². The third-order valence-corrected chi connectivity index (χ3v) is 13.8. The second-order valence-corrected chi connectivity index (χ2v) is 17.9. The van der Waals surface area contributed by atoms with Crippen molar-refractivity contribution in [1.82, 2.24) is 5.32 Å². The van der Waals surface area contributed by atoms with Crippen LogP contribution in [0.3, 0.4) is 0 Å². The number of carbonyl (C=O) groups excluding carboxylic acids is 7. The minimum absolute atomic E-state index is 0.0218. The lowest BCUT2D eigenvalue weighted by Gasteiger charge is -2.67. The molecule has 3 N–H and O–H groups in total. The van der Waals surface area contributed by atoms with Gasteiger partial charge in [0.15, 0.2) is 17.5 Å². The topological polar surface area (TPSA) is 227 Å². The van der Waals surface area contributed by atoms with Gasteiger partial charge in [-0.2, -0.15) is 0 Å². The highest BCUT2D eigenvalue weighted by molar-refractivity contribution is 5.96. The standard InChI is InChI=1S/C49H53NO15/c1-26-33(63-45(58)39(62-28(3)52)37(30-17-11-8-12-18-30)50-43(56)31-19-13-9-14-20-31)24-49(59)42(64-44(57)32-21-15-10-16-22-32)40-47(7,34(54)23-35-48(40,25-60-35)65-29(4)53)41(55)38(61-27(2)51)36(26)46(49,5)6/h8-22,33-35,37-40,42,54,59H,23-25H2,1-7H3,(H,50,56)/t33?,34-,35+,37?,38+,39?,40?,42?,47+,48-,49+/m1/s1. The number of benzene rings is 3. The van der Waals surface area contributed by atoms with Gasteiger partial charge in [0, 0.05) is 44.6 Å². The minimum Gasteiger partial charge on any atom is -0.455 e. The Bertz CT molecular complexity index is 2400. The van der Waals surface area contributed by atoms with Crippen LogP contribution in [0.15, 0.2) is 102 Å². The van der Waals surface area contributed by atoms with E-state index in [0.717, 1.165) is 20.8 Å². The summed E-state index contributed by atoms with van der Waals surface area (Å²) in [5.41, 5.74) is -7.20. The maximum absolute atomic E-state index is 15.6. The molecule has 0 spiro atoms. The molecule has 4 aliphatic rings. The summed E-state index contributed by atoms with van der Waals surface area (Å²) in [6, 6.07) is 22.9. The fourth-order valence-corrected chi connectivity index (χ4v) is 10.5. The number of ether oxygens (including phenoxy) is 6. The van der Waals surface area contributed by atoms with Gasteiger partial charge in [-0.15, -0.1) is 0 Å². The number of carbonyl (C=O) groups is 7. The molecule has 16 nitrogen and oxygen atoms in total. The highest BCUT2D eigenvalue weighted by Gasteiger charge is 2.78. The quantitative estimate of drug-likeness (QED) is 0.139. The molecule has 3 aromatic rings. The van der Waals surface area contributed by atoms with Crippen molar-refractivity contribution in [3.63, 3.8) is 0 Å². The number of aliphatic hydroxyl groups excluding tert-OH is 1. The summed E-state index contributed by atoms with van der Waals surface area (Å²) in [6.45, 7) is 8.99. The molecule has 65 heavy (non-hydrogen) atoms. The minimum atomic E-state index is -2.43. The molecule has 11 atom stereocenters. The van der Waals surface area contributed by atoms with E-state index < -0.39 is 119 Å². The number of esters is 5. The van der Waals surface area contributed by atoms with Crippen LogP contribution in [-0.2, 0) is 52.4 Å². The molecule has 7 rings (SSSR count). The second kappa shape index (κ2) is 17.6. The molecule has 3 aromatic carbocycles. The first-order valence-corrected chi connectivity index (χ1v) is 21.4. The van der Waals surface area contributed by atoms with Gasteiger partial charge in [-0.25, -0.2) is 9.59 Å². The van der Waals surface area contributed by atoms with E-state index >= 15 is 4.79 Å². The Morgan fingerprint density at radius 3 is 1.91 bits per heavy atom. The fraction of sp³-hybridized carbons (Fsp3) is 0.449. The van der Waals surface area contributed by atoms with Crippen LogP contribution in [0.25, 0.3) is 0 Å². The molecule has 0 radical (unpaired) electrons. The summed E-state index contributed by atoms with van der Waals surface area (Å²) in [6.07, 6.45) is -10.5. The zero-order chi connectivity index (χ0) is 47.2. The predicted octanol–water partition coefficient (Wildman–Crippen LogP) is 4.31. The maximum atomic E-state index is 15.6. The summed E-state index contributed by atoms with van der Waals surface area (Å²) < 4.78 is 36.2. The van der Waals surface area contributed by atoms with Crippen molar-refractivity contribution in [2.75, 3.05) is 6.61 Å². The molecular formula is C49H53NO15. The number of hydrogen-bond donors (Lipinski definition) is 3. The van der Waals surface area contributed by atoms with Gasteiger partial charge >= 0.3 is 29.8 Å². The summed E-state index contributed by atoms with van der Waals surface area (Å²) in [5, 5.41) is 28.7. The lowest BCUT2D eigenvalue weighted by molar-refractivity contribution is -0.346. The zero-order valence-corrected chi connectivity index (χ0v) is 37.1. The van der Waals surface area contributed by atoms with E-state index in [-0.39, 0.29) is 35.3 Å². The zero-order valence-electron chi connectivity index (χ0n) is 37.1. The molecule has 1 amide bonds. The summed E-state index contributed by atoms with van der Waals surface area (Å²) >= 11 is 0. The first-order valence-electron chi connectivity index (χ1n) is 21.4. The van der Waals surface area contributed by atoms with Crippen LogP contribution >= 0.6 is 0 Å². The first kappa shape index (κ1) is 46.8. The Hall–Kier alpha value is -6.23. The third kappa shape index (κ3) is 8.12. The molecule has 344 valence electrons. The fourth-order valence-electron chi connectivity index (χ4n) is 10.5. The highest BCUT2D eigenvalue weighted by atomic mass is 16.6. The van der Waals surface area contributed by atoms with Gasteiger partial charge < -0.3 is 44.0 Å². The average Bonchev–Trinajstić information content (AvgIpc) is 3.26. The van der Waals surface area contributed by atoms with Crippen LogP contribution in [-0.4, -0.2) is 106 Å². The molecular weight excluding hydrogens is 843 g/mol. The van der Waals surface area contributed by atoms with Gasteiger partial charge in [-0.1, -0.05) is 80.6 Å². The van der Waals surface area contributed by atoms with Crippen molar-refractivity contribution in [1.29, 1.82) is 0 Å². The van der Waals surface area contributed by atoms with Crippen LogP contribution in [0.4, 0.5) is 0 Å². The highest BCUT2D eigenvalue weighted by Crippen LogP contribution is 2.64. The number of amides is 1. The van der Waals surface area contributed by atoms with Crippen molar-refractivity contribution in [3.8, 4) is 0 Å². The van der Waals surface area contributed by atoms with Gasteiger partial charge in [-0.05, 0) is 54.8 Å². The van der Waals surface area contributed by atoms with E-state index in [0.29, 0.717) is 5.56 Å². The normalized spacial score (nSPS) is 30.8. The van der Waals surface area contributed by atoms with Gasteiger partial charge in [0.1, 0.15) is 30.0 Å². The Kier molecular flexibility index (Phi) is 12.7. The smallest absolute Gasteiger partial charge is 0.350 e. The van der Waals surface area contributed by atoms with E-state index in [1.807, 2.05) is 0 Å². The van der Waals surface area contributed by atoms with Gasteiger partial charge in [0.25, 0.3) is 5.91 Å². The summed E-state index contributed by atoms with van der Waals surface area (Å²) in [5.74, 6) is -7.79. The molecule has 2 saturated carbocycles. The van der Waals surface area contributed by atoms with E-state index in [1.54, 1.807) is 92.7 Å². The number of aliphatic hydroxyl groups is 2. The molecule has 3 fully saturated rings. The SMILES string of the molecule is CC(=O)OC(C(=O)OC1C[C@]2(O)C(OC(=O)c3ccccc3)C3[C@@]4(OC(C)=O)CO[C@H]4C[C@@H](O)[C@]3(C)C(=O)[C@@H](OC(C)=O)C(=C1C)C2(C)C)C(NC(=O)c1ccccc1)c1ccccc1. The Balaban J connectivity index is 1.42. The van der Waals surface area contributed by atoms with Crippen molar-refractivity contribution in [2.45, 2.75) is 115 Å². The average molecular weight is 896 g/mol. The van der Waals surface area contributed by atoms with Crippen molar-refractivity contribution < 1.29 is 72.2 Å². The number of ketones is 1. The molecule has 1 saturated heterocycles. The van der Waals surface area contributed by atoms with Crippen LogP contribution in [0.5, 0.6) is 0 Å². The number of nitrogens with one attached hydrogen (secondary N) is 1. The molecule has 1 aliphatic heterocycles. The lowest BCUT2D eigenvalue weighted by Crippen LogP contribution is -2.82. The first-order chi connectivity index (χ1) is 30.7. The molecule has 2 bridgehead atoms. The van der Waals surface area contributed by atoms with Crippen LogP contribution in [0.1, 0.15) is 93.6 Å². The Morgan fingerprint density at radius 2 is 1.37 bits per heavy atom. The van der Waals surface area contributed by atoms with Gasteiger partial charge in [0.05, 0.1) is 29.6 Å². The van der Waals surface area contributed by atoms with Gasteiger partial charge in [-0.3, -0.25) is 24.0 Å². The van der Waals surface area contributed by atoms with Crippen molar-refractivity contribution in [3.05, 3.63) is 119 Å². The predicted molar refractivity (Wildman–Crippen MR) is 227 cm³/mol. The molecule has 5 unspecified atom stereocenters. The number of fused-ring (bicyclic) bond motifs is 5. The number of Topliss-reactive ketones (excluding diaryl/α,β-unsaturated/α-hetero) is 1. The van der Waals surface area contributed by atoms with E-state index in [1.165, 1.54) is 26.0 Å². The number of rotatable bonds is 11. The number of hydrogen-bond acceptors (Lipinski definition) is 15. The molecule has 0 aromatic heterocycles. The van der Waals surface area contributed by atoms with Crippen LogP contribution in [0.2, 0.25) is 0 Å². The molecule has 16 heteroatoms. The molecule has 1 heterocycles. The van der Waals surface area contributed by atoms with Crippen molar-refractivity contribution in [2.24, 2.45) is 16.7 Å². The van der Waals surface area contributed by atoms with Gasteiger partial charge in [0.2, 0.25) is 6.10 Å². The van der Waals surface area contributed by atoms with Crippen molar-refractivity contribution >= 4 is 41.5 Å². The Morgan fingerprint density at radius 1 is 0.785 bits per heavy atom. The second-order valence-electron chi connectivity index (χ2n) is 17.9. The van der Waals surface area contributed by atoms with Crippen LogP contribution < -0.4 is 5.32 Å². The Labute approximate surface area is 375 Å². The monoisotopic (exact) mass is 895 g/mol. The van der Waals surface area contributed by atoms with E-state index in [4.69, 9.17) is 28.4 Å². The van der Waals surface area contributed by atoms with Crippen LogP contribution in [0, 0.1) is 16.7 Å². The van der Waals surface area contributed by atoms with E-state index in [9.17, 15) is 39.0 Å². The third-order valence-electron chi connectivity index (χ3n) is 13.8. The largest absolute Gasteiger partial charge is 0.455 e. The molecule has 3 aliphatic carbocycles. The summed E-state index contributed by atoms with van der Waals surface area (Å²) in [7, 11) is 0. The lowest BCUT2D eigenvalue weighted by atomic mass is 9.44. The maximum Gasteiger partial charge on any atom is 0.350 e. The summed E-state index contributed by atoms with van der Waals surface area (Å²) in [4.78, 5) is 97.4.